The number of hydrogen-bond acceptors (Lipinski definition) is 3. The predicted octanol–water partition coefficient (Wildman–Crippen LogP) is 3.53. The molecule has 1 aliphatic rings. The van der Waals surface area contributed by atoms with Gasteiger partial charge in [-0.2, -0.15) is 0 Å². The van der Waals surface area contributed by atoms with Gasteiger partial charge in [0, 0.05) is 31.7 Å². The highest BCUT2D eigenvalue weighted by Crippen LogP contribution is 2.20. The van der Waals surface area contributed by atoms with Crippen LogP contribution in [0.4, 0.5) is 4.79 Å². The third kappa shape index (κ3) is 3.92. The Labute approximate surface area is 148 Å². The van der Waals surface area contributed by atoms with Crippen LogP contribution in [0.2, 0.25) is 0 Å². The van der Waals surface area contributed by atoms with Gasteiger partial charge in [-0.25, -0.2) is 4.79 Å². The molecule has 2 aromatic rings. The van der Waals surface area contributed by atoms with Crippen LogP contribution in [0, 0.1) is 0 Å². The van der Waals surface area contributed by atoms with Gasteiger partial charge in [-0.15, -0.1) is 0 Å². The molecule has 0 saturated carbocycles. The number of hydrogen-bond donors (Lipinski definition) is 0. The zero-order valence-corrected chi connectivity index (χ0v) is 14.6. The summed E-state index contributed by atoms with van der Waals surface area (Å²) in [5, 5.41) is 2.03. The standard InChI is InChI=1S/C20H24N2O3/c1-2-3-15-25-20(24)22-13-11-21(12-14-22)19(23)18-10-6-8-16-7-4-5-9-17(16)18/h4-10H,2-3,11-15H2,1H3. The second-order valence-electron chi connectivity index (χ2n) is 6.27. The van der Waals surface area contributed by atoms with Crippen LogP contribution in [0.15, 0.2) is 42.5 Å². The molecule has 25 heavy (non-hydrogen) atoms. The fraction of sp³-hybridized carbons (Fsp3) is 0.400. The van der Waals surface area contributed by atoms with E-state index in [0.29, 0.717) is 32.8 Å². The van der Waals surface area contributed by atoms with Crippen molar-refractivity contribution in [3.05, 3.63) is 48.0 Å². The third-order valence-electron chi connectivity index (χ3n) is 4.57. The predicted molar refractivity (Wildman–Crippen MR) is 97.7 cm³/mol. The zero-order valence-electron chi connectivity index (χ0n) is 14.6. The minimum absolute atomic E-state index is 0.0239. The highest BCUT2D eigenvalue weighted by Gasteiger charge is 2.26. The molecule has 0 spiro atoms. The van der Waals surface area contributed by atoms with E-state index in [0.717, 1.165) is 29.2 Å². The van der Waals surface area contributed by atoms with Gasteiger partial charge >= 0.3 is 6.09 Å². The van der Waals surface area contributed by atoms with Crippen molar-refractivity contribution in [2.45, 2.75) is 19.8 Å². The quantitative estimate of drug-likeness (QED) is 0.800. The number of benzene rings is 2. The molecular weight excluding hydrogens is 316 g/mol. The number of unbranched alkanes of at least 4 members (excludes halogenated alkanes) is 1. The minimum Gasteiger partial charge on any atom is -0.449 e. The highest BCUT2D eigenvalue weighted by atomic mass is 16.6. The van der Waals surface area contributed by atoms with Crippen LogP contribution in [0.5, 0.6) is 0 Å². The molecule has 1 aliphatic heterocycles. The first kappa shape index (κ1) is 17.3. The number of ether oxygens (including phenoxy) is 1. The van der Waals surface area contributed by atoms with E-state index in [4.69, 9.17) is 4.74 Å². The number of fused-ring (bicyclic) bond motifs is 1. The van der Waals surface area contributed by atoms with Crippen molar-refractivity contribution in [3.63, 3.8) is 0 Å². The first-order valence-electron chi connectivity index (χ1n) is 8.89. The summed E-state index contributed by atoms with van der Waals surface area (Å²) < 4.78 is 5.24. The first-order chi connectivity index (χ1) is 12.2. The van der Waals surface area contributed by atoms with Crippen molar-refractivity contribution >= 4 is 22.8 Å². The van der Waals surface area contributed by atoms with Crippen molar-refractivity contribution in [2.75, 3.05) is 32.8 Å². The minimum atomic E-state index is -0.272. The Bertz CT molecular complexity index is 746. The monoisotopic (exact) mass is 340 g/mol. The van der Waals surface area contributed by atoms with Gasteiger partial charge in [-0.05, 0) is 23.3 Å². The van der Waals surface area contributed by atoms with Crippen molar-refractivity contribution in [1.82, 2.24) is 9.80 Å². The van der Waals surface area contributed by atoms with Crippen LogP contribution in [0.3, 0.4) is 0 Å². The van der Waals surface area contributed by atoms with Gasteiger partial charge < -0.3 is 14.5 Å². The average molecular weight is 340 g/mol. The lowest BCUT2D eigenvalue weighted by Gasteiger charge is -2.34. The summed E-state index contributed by atoms with van der Waals surface area (Å²) in [6, 6.07) is 13.7. The molecule has 0 unspecified atom stereocenters. The molecule has 1 heterocycles. The zero-order chi connectivity index (χ0) is 17.6. The van der Waals surface area contributed by atoms with Gasteiger partial charge in [0.1, 0.15) is 0 Å². The number of nitrogens with zero attached hydrogens (tertiary/aromatic N) is 2. The average Bonchev–Trinajstić information content (AvgIpc) is 2.67. The lowest BCUT2D eigenvalue weighted by Crippen LogP contribution is -2.50. The maximum atomic E-state index is 12.9. The molecule has 132 valence electrons. The van der Waals surface area contributed by atoms with E-state index in [2.05, 4.69) is 6.92 Å². The normalized spacial score (nSPS) is 14.6. The van der Waals surface area contributed by atoms with Crippen LogP contribution < -0.4 is 0 Å². The Morgan fingerprint density at radius 3 is 2.40 bits per heavy atom. The fourth-order valence-electron chi connectivity index (χ4n) is 3.07. The Balaban J connectivity index is 1.62. The molecule has 1 fully saturated rings. The van der Waals surface area contributed by atoms with Crippen molar-refractivity contribution in [3.8, 4) is 0 Å². The van der Waals surface area contributed by atoms with Crippen molar-refractivity contribution in [1.29, 1.82) is 0 Å². The molecule has 0 aromatic heterocycles. The Hall–Kier alpha value is -2.56. The van der Waals surface area contributed by atoms with Gasteiger partial charge in [0.05, 0.1) is 6.61 Å². The molecule has 3 rings (SSSR count). The Morgan fingerprint density at radius 2 is 1.64 bits per heavy atom. The van der Waals surface area contributed by atoms with Crippen molar-refractivity contribution < 1.29 is 14.3 Å². The molecule has 0 radical (unpaired) electrons. The molecule has 0 aliphatic carbocycles. The van der Waals surface area contributed by atoms with Gasteiger partial charge in [0.2, 0.25) is 0 Å². The van der Waals surface area contributed by atoms with Crippen LogP contribution in [-0.4, -0.2) is 54.6 Å². The molecule has 2 aromatic carbocycles. The summed E-state index contributed by atoms with van der Waals surface area (Å²) in [7, 11) is 0. The Morgan fingerprint density at radius 1 is 0.960 bits per heavy atom. The van der Waals surface area contributed by atoms with E-state index in [1.54, 1.807) is 4.90 Å². The van der Waals surface area contributed by atoms with E-state index in [9.17, 15) is 9.59 Å². The van der Waals surface area contributed by atoms with Crippen LogP contribution in [0.1, 0.15) is 30.1 Å². The summed E-state index contributed by atoms with van der Waals surface area (Å²) in [4.78, 5) is 28.4. The topological polar surface area (TPSA) is 49.9 Å². The maximum Gasteiger partial charge on any atom is 0.409 e. The molecule has 0 atom stereocenters. The smallest absolute Gasteiger partial charge is 0.409 e. The summed E-state index contributed by atoms with van der Waals surface area (Å²) in [5.41, 5.74) is 0.720. The van der Waals surface area contributed by atoms with Crippen LogP contribution in [-0.2, 0) is 4.74 Å². The molecular formula is C20H24N2O3. The third-order valence-corrected chi connectivity index (χ3v) is 4.57. The largest absolute Gasteiger partial charge is 0.449 e. The molecule has 5 nitrogen and oxygen atoms in total. The second kappa shape index (κ2) is 8.01. The first-order valence-corrected chi connectivity index (χ1v) is 8.89. The summed E-state index contributed by atoms with van der Waals surface area (Å²) in [6.45, 7) is 4.62. The number of carbonyl (C=O) groups excluding carboxylic acids is 2. The number of rotatable bonds is 4. The second-order valence-corrected chi connectivity index (χ2v) is 6.27. The lowest BCUT2D eigenvalue weighted by atomic mass is 10.0. The van der Waals surface area contributed by atoms with Gasteiger partial charge in [-0.3, -0.25) is 4.79 Å². The van der Waals surface area contributed by atoms with Crippen molar-refractivity contribution in [2.24, 2.45) is 0 Å². The maximum absolute atomic E-state index is 12.9. The lowest BCUT2D eigenvalue weighted by molar-refractivity contribution is 0.0559. The number of amides is 2. The number of carbonyl (C=O) groups is 2. The molecule has 5 heteroatoms. The molecule has 1 saturated heterocycles. The summed E-state index contributed by atoms with van der Waals surface area (Å²) in [6.07, 6.45) is 1.61. The summed E-state index contributed by atoms with van der Waals surface area (Å²) >= 11 is 0. The highest BCUT2D eigenvalue weighted by molar-refractivity contribution is 6.07. The van der Waals surface area contributed by atoms with E-state index in [1.807, 2.05) is 47.4 Å². The summed E-state index contributed by atoms with van der Waals surface area (Å²) in [5.74, 6) is 0.0239. The Kier molecular flexibility index (Phi) is 5.53. The van der Waals surface area contributed by atoms with E-state index < -0.39 is 0 Å². The van der Waals surface area contributed by atoms with Crippen LogP contribution in [0.25, 0.3) is 10.8 Å². The molecule has 2 amide bonds. The van der Waals surface area contributed by atoms with E-state index in [-0.39, 0.29) is 12.0 Å². The SMILES string of the molecule is CCCCOC(=O)N1CCN(C(=O)c2cccc3ccccc23)CC1. The van der Waals surface area contributed by atoms with E-state index >= 15 is 0 Å². The van der Waals surface area contributed by atoms with Gasteiger partial charge in [0.25, 0.3) is 5.91 Å². The fourth-order valence-corrected chi connectivity index (χ4v) is 3.07. The van der Waals surface area contributed by atoms with Gasteiger partial charge in [0.15, 0.2) is 0 Å². The molecule has 0 N–H and O–H groups in total. The number of piperazine rings is 1. The van der Waals surface area contributed by atoms with E-state index in [1.165, 1.54) is 0 Å². The van der Waals surface area contributed by atoms with Crippen LogP contribution >= 0.6 is 0 Å². The molecule has 0 bridgehead atoms. The van der Waals surface area contributed by atoms with Gasteiger partial charge in [-0.1, -0.05) is 49.7 Å².